The minimum absolute atomic E-state index is 0.123. The van der Waals surface area contributed by atoms with E-state index in [1.165, 1.54) is 22.4 Å². The molecule has 28 heavy (non-hydrogen) atoms. The Morgan fingerprint density at radius 1 is 1.25 bits per heavy atom. The molecular weight excluding hydrogens is 391 g/mol. The molecule has 10 heteroatoms. The van der Waals surface area contributed by atoms with E-state index in [1.54, 1.807) is 26.1 Å². The summed E-state index contributed by atoms with van der Waals surface area (Å²) in [7, 11) is 0. The summed E-state index contributed by atoms with van der Waals surface area (Å²) in [6.07, 6.45) is -0.419. The maximum absolute atomic E-state index is 12.9. The van der Waals surface area contributed by atoms with E-state index >= 15 is 0 Å². The van der Waals surface area contributed by atoms with Crippen molar-refractivity contribution in [1.29, 1.82) is 5.26 Å². The molecule has 0 radical (unpaired) electrons. The Labute approximate surface area is 163 Å². The van der Waals surface area contributed by atoms with Crippen molar-refractivity contribution in [2.24, 2.45) is 0 Å². The van der Waals surface area contributed by atoms with Crippen LogP contribution in [0.3, 0.4) is 0 Å². The van der Waals surface area contributed by atoms with Crippen molar-refractivity contribution in [2.75, 3.05) is 5.75 Å². The predicted octanol–water partition coefficient (Wildman–Crippen LogP) is 4.60. The summed E-state index contributed by atoms with van der Waals surface area (Å²) in [5.41, 5.74) is -0.956. The van der Waals surface area contributed by atoms with Gasteiger partial charge in [0, 0.05) is 17.2 Å². The van der Waals surface area contributed by atoms with Crippen molar-refractivity contribution < 1.29 is 17.9 Å². The number of fused-ring (bicyclic) bond motifs is 1. The summed E-state index contributed by atoms with van der Waals surface area (Å²) in [6, 6.07) is 4.69. The molecule has 0 saturated carbocycles. The molecule has 3 aromatic rings. The van der Waals surface area contributed by atoms with Gasteiger partial charge in [-0.05, 0) is 25.7 Å². The lowest BCUT2D eigenvalue weighted by atomic mass is 10.2. The average Bonchev–Trinajstić information content (AvgIpc) is 3.04. The molecule has 0 bridgehead atoms. The number of ether oxygens (including phenoxy) is 1. The van der Waals surface area contributed by atoms with Gasteiger partial charge in [-0.25, -0.2) is 15.0 Å². The number of alkyl halides is 3. The second-order valence-corrected chi connectivity index (χ2v) is 7.64. The number of hydrogen-bond acceptors (Lipinski definition) is 6. The Bertz CT molecular complexity index is 1060. The molecule has 0 saturated heterocycles. The zero-order chi connectivity index (χ0) is 20.5. The highest BCUT2D eigenvalue weighted by Crippen LogP contribution is 2.34. The summed E-state index contributed by atoms with van der Waals surface area (Å²) in [5, 5.41) is 9.12. The highest BCUT2D eigenvalue weighted by atomic mass is 32.2. The third kappa shape index (κ3) is 4.20. The Hall–Kier alpha value is -2.80. The smallest absolute Gasteiger partial charge is 0.433 e. The Morgan fingerprint density at radius 3 is 2.64 bits per heavy atom. The number of halogens is 3. The largest absolute Gasteiger partial charge is 0.471 e. The Kier molecular flexibility index (Phi) is 5.21. The SMILES string of the molecule is CCSc1cc(OC(C)(C)C#N)cnc1-c1cn2cnc(C(F)(F)F)cc2n1. The molecule has 0 aromatic carbocycles. The summed E-state index contributed by atoms with van der Waals surface area (Å²) < 4.78 is 45.7. The first-order valence-corrected chi connectivity index (χ1v) is 9.27. The van der Waals surface area contributed by atoms with Gasteiger partial charge in [0.05, 0.1) is 6.20 Å². The van der Waals surface area contributed by atoms with Gasteiger partial charge in [-0.2, -0.15) is 18.4 Å². The van der Waals surface area contributed by atoms with Gasteiger partial charge in [-0.15, -0.1) is 11.8 Å². The molecule has 6 nitrogen and oxygen atoms in total. The van der Waals surface area contributed by atoms with Crippen LogP contribution in [0.4, 0.5) is 13.2 Å². The molecule has 0 atom stereocenters. The van der Waals surface area contributed by atoms with Gasteiger partial charge in [-0.3, -0.25) is 4.40 Å². The molecule has 0 amide bonds. The molecule has 3 aromatic heterocycles. The molecule has 0 fully saturated rings. The van der Waals surface area contributed by atoms with E-state index in [2.05, 4.69) is 21.0 Å². The lowest BCUT2D eigenvalue weighted by Gasteiger charge is -2.18. The van der Waals surface area contributed by atoms with Crippen LogP contribution >= 0.6 is 11.8 Å². The minimum atomic E-state index is -4.54. The number of nitrogens with zero attached hydrogens (tertiary/aromatic N) is 5. The van der Waals surface area contributed by atoms with Crippen molar-refractivity contribution in [1.82, 2.24) is 19.4 Å². The number of nitriles is 1. The second kappa shape index (κ2) is 7.31. The number of hydrogen-bond donors (Lipinski definition) is 0. The maximum Gasteiger partial charge on any atom is 0.433 e. The van der Waals surface area contributed by atoms with Gasteiger partial charge in [0.2, 0.25) is 0 Å². The number of thioether (sulfide) groups is 1. The number of aromatic nitrogens is 4. The quantitative estimate of drug-likeness (QED) is 0.575. The molecule has 0 aliphatic carbocycles. The second-order valence-electron chi connectivity index (χ2n) is 6.34. The number of imidazole rings is 1. The van der Waals surface area contributed by atoms with Crippen LogP contribution in [-0.4, -0.2) is 30.7 Å². The molecule has 0 spiro atoms. The topological polar surface area (TPSA) is 76.1 Å². The monoisotopic (exact) mass is 407 g/mol. The van der Waals surface area contributed by atoms with Crippen LogP contribution in [0.1, 0.15) is 26.5 Å². The van der Waals surface area contributed by atoms with E-state index in [9.17, 15) is 13.2 Å². The fourth-order valence-corrected chi connectivity index (χ4v) is 3.22. The van der Waals surface area contributed by atoms with Crippen molar-refractivity contribution in [3.8, 4) is 23.2 Å². The summed E-state index contributed by atoms with van der Waals surface area (Å²) in [4.78, 5) is 12.8. The highest BCUT2D eigenvalue weighted by molar-refractivity contribution is 7.99. The van der Waals surface area contributed by atoms with Crippen molar-refractivity contribution in [3.63, 3.8) is 0 Å². The maximum atomic E-state index is 12.9. The van der Waals surface area contributed by atoms with Crippen molar-refractivity contribution in [3.05, 3.63) is 36.5 Å². The molecule has 3 heterocycles. The first kappa shape index (κ1) is 19.9. The average molecular weight is 407 g/mol. The highest BCUT2D eigenvalue weighted by Gasteiger charge is 2.33. The zero-order valence-electron chi connectivity index (χ0n) is 15.3. The van der Waals surface area contributed by atoms with E-state index in [0.29, 0.717) is 17.1 Å². The van der Waals surface area contributed by atoms with E-state index in [4.69, 9.17) is 10.00 Å². The van der Waals surface area contributed by atoms with E-state index in [1.807, 2.05) is 6.92 Å². The molecular formula is C18H16F3N5OS. The van der Waals surface area contributed by atoms with Gasteiger partial charge >= 0.3 is 6.18 Å². The van der Waals surface area contributed by atoms with Crippen molar-refractivity contribution in [2.45, 2.75) is 37.4 Å². The molecule has 3 rings (SSSR count). The normalized spacial score (nSPS) is 12.2. The molecule has 146 valence electrons. The molecule has 0 N–H and O–H groups in total. The van der Waals surface area contributed by atoms with Gasteiger partial charge < -0.3 is 4.74 Å². The third-order valence-corrected chi connectivity index (χ3v) is 4.56. The molecule has 0 aliphatic rings. The van der Waals surface area contributed by atoms with Crippen LogP contribution in [0, 0.1) is 11.3 Å². The minimum Gasteiger partial charge on any atom is -0.471 e. The van der Waals surface area contributed by atoms with E-state index in [0.717, 1.165) is 23.0 Å². The van der Waals surface area contributed by atoms with Crippen LogP contribution < -0.4 is 4.74 Å². The fourth-order valence-electron chi connectivity index (χ4n) is 2.42. The summed E-state index contributed by atoms with van der Waals surface area (Å²) in [6.45, 7) is 5.24. The van der Waals surface area contributed by atoms with Crippen LogP contribution in [0.15, 0.2) is 35.7 Å². The fraction of sp³-hybridized carbons (Fsp3) is 0.333. The number of rotatable bonds is 5. The van der Waals surface area contributed by atoms with E-state index < -0.39 is 17.5 Å². The third-order valence-electron chi connectivity index (χ3n) is 3.65. The van der Waals surface area contributed by atoms with E-state index in [-0.39, 0.29) is 5.65 Å². The Balaban J connectivity index is 2.03. The first-order chi connectivity index (χ1) is 13.1. The lowest BCUT2D eigenvalue weighted by Crippen LogP contribution is -2.25. The molecule has 0 aliphatic heterocycles. The van der Waals surface area contributed by atoms with Gasteiger partial charge in [-0.1, -0.05) is 6.92 Å². The van der Waals surface area contributed by atoms with Crippen LogP contribution in [0.5, 0.6) is 5.75 Å². The zero-order valence-corrected chi connectivity index (χ0v) is 16.1. The van der Waals surface area contributed by atoms with Gasteiger partial charge in [0.15, 0.2) is 5.60 Å². The number of pyridine rings is 1. The van der Waals surface area contributed by atoms with Gasteiger partial charge in [0.1, 0.15) is 40.9 Å². The standard InChI is InChI=1S/C18H16F3N5OS/c1-4-28-13-5-11(27-17(2,3)9-22)7-23-16(13)12-8-26-10-24-14(18(19,20)21)6-15(26)25-12/h5-8,10H,4H2,1-3H3. The molecule has 0 unspecified atom stereocenters. The predicted molar refractivity (Wildman–Crippen MR) is 97.9 cm³/mol. The summed E-state index contributed by atoms with van der Waals surface area (Å²) in [5.74, 6) is 1.17. The lowest BCUT2D eigenvalue weighted by molar-refractivity contribution is -0.141. The van der Waals surface area contributed by atoms with Crippen molar-refractivity contribution >= 4 is 17.4 Å². The van der Waals surface area contributed by atoms with Crippen LogP contribution in [-0.2, 0) is 6.18 Å². The summed E-state index contributed by atoms with van der Waals surface area (Å²) >= 11 is 1.49. The Morgan fingerprint density at radius 2 is 2.00 bits per heavy atom. The first-order valence-electron chi connectivity index (χ1n) is 8.28. The van der Waals surface area contributed by atoms with Crippen LogP contribution in [0.2, 0.25) is 0 Å². The van der Waals surface area contributed by atoms with Crippen LogP contribution in [0.25, 0.3) is 17.0 Å². The van der Waals surface area contributed by atoms with Gasteiger partial charge in [0.25, 0.3) is 0 Å².